The first-order chi connectivity index (χ1) is 17.9. The van der Waals surface area contributed by atoms with Crippen LogP contribution in [0.1, 0.15) is 33.3 Å². The second kappa shape index (κ2) is 9.20. The molecule has 3 aromatic rings. The van der Waals surface area contributed by atoms with Crippen LogP contribution >= 0.6 is 11.6 Å². The van der Waals surface area contributed by atoms with Crippen LogP contribution in [-0.2, 0) is 9.47 Å². The number of hydrogen-bond donors (Lipinski definition) is 1. The van der Waals surface area contributed by atoms with Gasteiger partial charge in [-0.15, -0.1) is 0 Å². The van der Waals surface area contributed by atoms with Gasteiger partial charge in [0.2, 0.25) is 0 Å². The Morgan fingerprint density at radius 1 is 1.24 bits per heavy atom. The van der Waals surface area contributed by atoms with Crippen molar-refractivity contribution < 1.29 is 23.8 Å². The van der Waals surface area contributed by atoms with E-state index in [-0.39, 0.29) is 19.1 Å². The highest BCUT2D eigenvalue weighted by molar-refractivity contribution is 6.31. The molecule has 0 saturated carbocycles. The number of benzene rings is 2. The van der Waals surface area contributed by atoms with Crippen LogP contribution in [0.25, 0.3) is 10.9 Å². The fourth-order valence-corrected chi connectivity index (χ4v) is 4.96. The van der Waals surface area contributed by atoms with Crippen LogP contribution in [0.4, 0.5) is 26.8 Å². The average Bonchev–Trinajstić information content (AvgIpc) is 3.09. The van der Waals surface area contributed by atoms with E-state index in [1.807, 2.05) is 58.9 Å². The Labute approximate surface area is 225 Å². The predicted molar refractivity (Wildman–Crippen MR) is 145 cm³/mol. The summed E-state index contributed by atoms with van der Waals surface area (Å²) in [5.74, 6) is 1.02. The van der Waals surface area contributed by atoms with Crippen LogP contribution in [0.2, 0.25) is 5.02 Å². The molecule has 2 fully saturated rings. The lowest BCUT2D eigenvalue weighted by Crippen LogP contribution is -2.68. The summed E-state index contributed by atoms with van der Waals surface area (Å²) in [7, 11) is 1.54. The summed E-state index contributed by atoms with van der Waals surface area (Å²) in [6.45, 7) is 9.74. The molecule has 2 amide bonds. The minimum absolute atomic E-state index is 0.241. The normalized spacial score (nSPS) is 18.4. The number of rotatable bonds is 4. The van der Waals surface area contributed by atoms with Crippen LogP contribution < -0.4 is 15.0 Å². The molecule has 1 spiro atoms. The van der Waals surface area contributed by atoms with Crippen molar-refractivity contribution in [3.05, 3.63) is 47.2 Å². The van der Waals surface area contributed by atoms with E-state index in [9.17, 15) is 9.59 Å². The van der Waals surface area contributed by atoms with Crippen molar-refractivity contribution in [1.29, 1.82) is 0 Å². The lowest BCUT2D eigenvalue weighted by atomic mass is 9.87. The number of likely N-dealkylation sites (tertiary alicyclic amines) is 1. The van der Waals surface area contributed by atoms with E-state index in [0.29, 0.717) is 33.2 Å². The largest absolute Gasteiger partial charge is 0.494 e. The number of nitrogens with one attached hydrogen (secondary N) is 1. The highest BCUT2D eigenvalue weighted by Crippen LogP contribution is 2.45. The highest BCUT2D eigenvalue weighted by Gasteiger charge is 2.61. The number of amides is 2. The van der Waals surface area contributed by atoms with Gasteiger partial charge in [-0.3, -0.25) is 9.80 Å². The maximum absolute atomic E-state index is 13.2. The Morgan fingerprint density at radius 3 is 2.66 bits per heavy atom. The fraction of sp³-hybridized carbons (Fsp3) is 0.407. The number of carbonyl (C=O) groups is 2. The van der Waals surface area contributed by atoms with Gasteiger partial charge in [-0.1, -0.05) is 17.7 Å². The Morgan fingerprint density at radius 2 is 1.97 bits per heavy atom. The van der Waals surface area contributed by atoms with Crippen molar-refractivity contribution >= 4 is 51.9 Å². The summed E-state index contributed by atoms with van der Waals surface area (Å²) in [6, 6.07) is 8.80. The topological polar surface area (TPSA) is 106 Å². The van der Waals surface area contributed by atoms with Gasteiger partial charge in [-0.25, -0.2) is 19.6 Å². The smallest absolute Gasteiger partial charge is 0.415 e. The van der Waals surface area contributed by atoms with Crippen molar-refractivity contribution in [3.8, 4) is 5.75 Å². The number of ether oxygens (including phenoxy) is 3. The van der Waals surface area contributed by atoms with Gasteiger partial charge in [0.25, 0.3) is 0 Å². The van der Waals surface area contributed by atoms with Crippen LogP contribution in [0.15, 0.2) is 36.7 Å². The minimum Gasteiger partial charge on any atom is -0.494 e. The molecule has 0 bridgehead atoms. The first-order valence-corrected chi connectivity index (χ1v) is 12.7. The van der Waals surface area contributed by atoms with Gasteiger partial charge in [0.1, 0.15) is 23.5 Å². The molecule has 2 aromatic carbocycles. The molecule has 0 radical (unpaired) electrons. The van der Waals surface area contributed by atoms with Gasteiger partial charge in [-0.2, -0.15) is 0 Å². The summed E-state index contributed by atoms with van der Waals surface area (Å²) in [5.41, 5.74) is 1.38. The standard InChI is InChI=1S/C27H30ClN5O5/c1-15-18(28)8-7-9-19(15)31-23-17-10-21(22(36-6)11-20(17)29-14-30-23)33-16(2)27(38-25(33)35)12-32(13-27)24(34)37-26(3,4)5/h7-11,14,16H,12-13H2,1-6H3,(H,29,30,31). The Hall–Kier alpha value is -3.79. The number of fused-ring (bicyclic) bond motifs is 1. The molecule has 2 aliphatic heterocycles. The van der Waals surface area contributed by atoms with Crippen LogP contribution in [0.3, 0.4) is 0 Å². The molecule has 1 aromatic heterocycles. The summed E-state index contributed by atoms with van der Waals surface area (Å²) in [5, 5.41) is 4.66. The second-order valence-corrected chi connectivity index (χ2v) is 11.0. The molecule has 1 atom stereocenters. The van der Waals surface area contributed by atoms with E-state index < -0.39 is 23.4 Å². The Bertz CT molecular complexity index is 1430. The van der Waals surface area contributed by atoms with Gasteiger partial charge >= 0.3 is 12.2 Å². The van der Waals surface area contributed by atoms with Crippen molar-refractivity contribution in [2.24, 2.45) is 0 Å². The predicted octanol–water partition coefficient (Wildman–Crippen LogP) is 5.68. The molecule has 0 aliphatic carbocycles. The van der Waals surface area contributed by atoms with E-state index >= 15 is 0 Å². The summed E-state index contributed by atoms with van der Waals surface area (Å²) in [6.07, 6.45) is 0.513. The van der Waals surface area contributed by atoms with Gasteiger partial charge in [0, 0.05) is 22.2 Å². The summed E-state index contributed by atoms with van der Waals surface area (Å²) in [4.78, 5) is 37.7. The number of aromatic nitrogens is 2. The maximum Gasteiger partial charge on any atom is 0.415 e. The van der Waals surface area contributed by atoms with E-state index in [0.717, 1.165) is 11.3 Å². The molecule has 1 unspecified atom stereocenters. The number of carbonyl (C=O) groups excluding carboxylic acids is 2. The highest BCUT2D eigenvalue weighted by atomic mass is 35.5. The van der Waals surface area contributed by atoms with Crippen LogP contribution in [0.5, 0.6) is 5.75 Å². The second-order valence-electron chi connectivity index (χ2n) is 10.6. The lowest BCUT2D eigenvalue weighted by molar-refractivity contribution is -0.0899. The van der Waals surface area contributed by atoms with Crippen LogP contribution in [-0.4, -0.2) is 64.5 Å². The zero-order valence-electron chi connectivity index (χ0n) is 22.2. The Kier molecular flexibility index (Phi) is 6.25. The maximum atomic E-state index is 13.2. The Balaban J connectivity index is 1.47. The monoisotopic (exact) mass is 539 g/mol. The van der Waals surface area contributed by atoms with E-state index in [1.165, 1.54) is 13.4 Å². The third kappa shape index (κ3) is 4.42. The third-order valence-corrected chi connectivity index (χ3v) is 7.33. The van der Waals surface area contributed by atoms with Crippen molar-refractivity contribution in [2.45, 2.75) is 51.9 Å². The van der Waals surface area contributed by atoms with Crippen molar-refractivity contribution in [2.75, 3.05) is 30.4 Å². The molecular formula is C27H30ClN5O5. The number of methoxy groups -OCH3 is 1. The third-order valence-electron chi connectivity index (χ3n) is 6.92. The van der Waals surface area contributed by atoms with Gasteiger partial charge in [0.15, 0.2) is 5.60 Å². The van der Waals surface area contributed by atoms with E-state index in [4.69, 9.17) is 25.8 Å². The molecule has 2 saturated heterocycles. The van der Waals surface area contributed by atoms with Crippen LogP contribution in [0, 0.1) is 6.92 Å². The molecule has 5 rings (SSSR count). The fourth-order valence-electron chi connectivity index (χ4n) is 4.79. The molecule has 200 valence electrons. The van der Waals surface area contributed by atoms with Crippen molar-refractivity contribution in [3.63, 3.8) is 0 Å². The zero-order valence-corrected chi connectivity index (χ0v) is 22.9. The molecule has 3 heterocycles. The number of hydrogen-bond acceptors (Lipinski definition) is 8. The molecule has 38 heavy (non-hydrogen) atoms. The quantitative estimate of drug-likeness (QED) is 0.451. The molecule has 2 aliphatic rings. The molecular weight excluding hydrogens is 510 g/mol. The first kappa shape index (κ1) is 25.8. The average molecular weight is 540 g/mol. The van der Waals surface area contributed by atoms with E-state index in [1.54, 1.807) is 15.9 Å². The summed E-state index contributed by atoms with van der Waals surface area (Å²) >= 11 is 6.31. The van der Waals surface area contributed by atoms with E-state index in [2.05, 4.69) is 15.3 Å². The van der Waals surface area contributed by atoms with Gasteiger partial charge in [0.05, 0.1) is 37.4 Å². The SMILES string of the molecule is COc1cc2ncnc(Nc3cccc(Cl)c3C)c2cc1N1C(=O)OC2(CN(C(=O)OC(C)(C)C)C2)C1C. The lowest BCUT2D eigenvalue weighted by Gasteiger charge is -2.48. The van der Waals surface area contributed by atoms with Crippen molar-refractivity contribution in [1.82, 2.24) is 14.9 Å². The first-order valence-electron chi connectivity index (χ1n) is 12.3. The molecule has 1 N–H and O–H groups in total. The molecule has 10 nitrogen and oxygen atoms in total. The zero-order chi connectivity index (χ0) is 27.4. The van der Waals surface area contributed by atoms with Gasteiger partial charge < -0.3 is 19.5 Å². The number of nitrogens with zero attached hydrogens (tertiary/aromatic N) is 4. The summed E-state index contributed by atoms with van der Waals surface area (Å²) < 4.78 is 17.0. The molecule has 11 heteroatoms. The minimum atomic E-state index is -0.847. The number of halogens is 1. The van der Waals surface area contributed by atoms with Gasteiger partial charge in [-0.05, 0) is 58.4 Å². The number of anilines is 3.